The molecule has 0 N–H and O–H groups in total. The maximum atomic E-state index is 10.9. The number of nitro groups is 1. The molecule has 1 aromatic heterocycles. The Balaban J connectivity index is 2.56. The van der Waals surface area contributed by atoms with E-state index >= 15 is 0 Å². The molecule has 0 unspecified atom stereocenters. The number of non-ortho nitro benzene ring substituents is 1. The Hall–Kier alpha value is -1.88. The van der Waals surface area contributed by atoms with Crippen molar-refractivity contribution in [2.75, 3.05) is 0 Å². The molecule has 0 saturated carbocycles. The normalized spacial score (nSPS) is 12.4. The second-order valence-corrected chi connectivity index (χ2v) is 13.7. The van der Waals surface area contributed by atoms with Gasteiger partial charge in [0.1, 0.15) is 0 Å². The summed E-state index contributed by atoms with van der Waals surface area (Å²) in [4.78, 5) is 10.5. The van der Waals surface area contributed by atoms with Gasteiger partial charge < -0.3 is 4.23 Å². The molecule has 0 amide bonds. The molecule has 1 aromatic carbocycles. The third kappa shape index (κ3) is 3.30. The fraction of sp³-hybridized carbons (Fsp3) is 0.500. The average molecular weight is 359 g/mol. The van der Waals surface area contributed by atoms with E-state index in [0.29, 0.717) is 16.6 Å². The van der Waals surface area contributed by atoms with Crippen molar-refractivity contribution in [2.45, 2.75) is 65.1 Å². The lowest BCUT2D eigenvalue weighted by molar-refractivity contribution is -0.384. The maximum absolute atomic E-state index is 10.9. The molecule has 5 heteroatoms. The van der Waals surface area contributed by atoms with Gasteiger partial charge in [0.05, 0.1) is 4.92 Å². The lowest BCUT2D eigenvalue weighted by Crippen LogP contribution is -2.51. The van der Waals surface area contributed by atoms with Gasteiger partial charge in [0, 0.05) is 23.9 Å². The van der Waals surface area contributed by atoms with E-state index in [1.165, 1.54) is 11.1 Å². The summed E-state index contributed by atoms with van der Waals surface area (Å²) in [6, 6.07) is 6.89. The average Bonchev–Trinajstić information content (AvgIpc) is 2.88. The molecule has 0 spiro atoms. The van der Waals surface area contributed by atoms with Crippen LogP contribution in [0.25, 0.3) is 11.1 Å². The van der Waals surface area contributed by atoms with E-state index in [1.807, 2.05) is 12.1 Å². The van der Waals surface area contributed by atoms with Gasteiger partial charge in [-0.15, -0.1) is 0 Å². The SMILES string of the molecule is Cc1cn([Si](C(C)C)(C(C)C)C(C)C)cc1-c1ccc([N+](=O)[O-])cc1. The molecule has 0 saturated heterocycles. The summed E-state index contributed by atoms with van der Waals surface area (Å²) in [7, 11) is -1.77. The molecule has 2 rings (SSSR count). The summed E-state index contributed by atoms with van der Waals surface area (Å²) in [5.41, 5.74) is 5.47. The first kappa shape index (κ1) is 19.4. The minimum absolute atomic E-state index is 0.135. The first-order chi connectivity index (χ1) is 11.6. The van der Waals surface area contributed by atoms with Crippen molar-refractivity contribution in [1.82, 2.24) is 4.23 Å². The zero-order chi connectivity index (χ0) is 18.9. The Morgan fingerprint density at radius 2 is 1.40 bits per heavy atom. The van der Waals surface area contributed by atoms with Crippen molar-refractivity contribution >= 4 is 13.9 Å². The van der Waals surface area contributed by atoms with E-state index in [1.54, 1.807) is 12.1 Å². The number of aryl methyl sites for hydroxylation is 1. The number of nitro benzene ring substituents is 1. The Morgan fingerprint density at radius 3 is 1.80 bits per heavy atom. The van der Waals surface area contributed by atoms with Gasteiger partial charge in [0.2, 0.25) is 0 Å². The number of nitrogens with zero attached hydrogens (tertiary/aromatic N) is 2. The number of hydrogen-bond acceptors (Lipinski definition) is 2. The molecule has 0 radical (unpaired) electrons. The van der Waals surface area contributed by atoms with Crippen molar-refractivity contribution in [3.8, 4) is 11.1 Å². The van der Waals surface area contributed by atoms with Crippen LogP contribution in [0.3, 0.4) is 0 Å². The molecule has 1 heterocycles. The van der Waals surface area contributed by atoms with Gasteiger partial charge in [-0.2, -0.15) is 0 Å². The van der Waals surface area contributed by atoms with E-state index in [0.717, 1.165) is 5.56 Å². The van der Waals surface area contributed by atoms with Crippen LogP contribution in [0.4, 0.5) is 5.69 Å². The van der Waals surface area contributed by atoms with Gasteiger partial charge in [-0.1, -0.05) is 41.5 Å². The lowest BCUT2D eigenvalue weighted by atomic mass is 10.1. The van der Waals surface area contributed by atoms with E-state index in [2.05, 4.69) is 65.1 Å². The van der Waals surface area contributed by atoms with Crippen LogP contribution >= 0.6 is 0 Å². The Morgan fingerprint density at radius 1 is 0.920 bits per heavy atom. The van der Waals surface area contributed by atoms with Gasteiger partial charge in [-0.3, -0.25) is 10.1 Å². The van der Waals surface area contributed by atoms with Crippen LogP contribution in [0, 0.1) is 17.0 Å². The van der Waals surface area contributed by atoms with Crippen LogP contribution in [-0.2, 0) is 0 Å². The van der Waals surface area contributed by atoms with Gasteiger partial charge in [0.25, 0.3) is 5.69 Å². The van der Waals surface area contributed by atoms with E-state index in [9.17, 15) is 10.1 Å². The molecule has 0 aliphatic heterocycles. The Bertz CT molecular complexity index is 724. The molecule has 0 aliphatic rings. The quantitative estimate of drug-likeness (QED) is 0.341. The fourth-order valence-electron chi connectivity index (χ4n) is 4.74. The second kappa shape index (κ2) is 7.16. The van der Waals surface area contributed by atoms with Crippen LogP contribution < -0.4 is 0 Å². The highest BCUT2D eigenvalue weighted by molar-refractivity contribution is 6.82. The number of hydrogen-bond donors (Lipinski definition) is 0. The standard InChI is InChI=1S/C20H30N2O2Si/c1-14(2)25(15(3)4,16(5)6)21-12-17(7)20(13-21)18-8-10-19(11-9-18)22(23)24/h8-16H,1-7H3. The van der Waals surface area contributed by atoms with Crippen LogP contribution in [0.1, 0.15) is 47.1 Å². The topological polar surface area (TPSA) is 48.1 Å². The molecule has 25 heavy (non-hydrogen) atoms. The van der Waals surface area contributed by atoms with E-state index < -0.39 is 8.24 Å². The second-order valence-electron chi connectivity index (χ2n) is 7.92. The van der Waals surface area contributed by atoms with Crippen molar-refractivity contribution in [2.24, 2.45) is 0 Å². The van der Waals surface area contributed by atoms with Gasteiger partial charge in [-0.25, -0.2) is 0 Å². The largest absolute Gasteiger partial charge is 0.379 e. The third-order valence-electron chi connectivity index (χ3n) is 5.64. The lowest BCUT2D eigenvalue weighted by Gasteiger charge is -2.44. The van der Waals surface area contributed by atoms with Crippen molar-refractivity contribution < 1.29 is 4.92 Å². The Labute approximate surface area is 152 Å². The number of benzene rings is 1. The zero-order valence-electron chi connectivity index (χ0n) is 16.4. The van der Waals surface area contributed by atoms with Crippen molar-refractivity contribution in [1.29, 1.82) is 0 Å². The fourth-order valence-corrected chi connectivity index (χ4v) is 11.3. The molecular weight excluding hydrogens is 328 g/mol. The molecule has 2 aromatic rings. The zero-order valence-corrected chi connectivity index (χ0v) is 17.4. The van der Waals surface area contributed by atoms with Crippen LogP contribution in [0.2, 0.25) is 16.6 Å². The molecular formula is C20H30N2O2Si. The van der Waals surface area contributed by atoms with E-state index in [-0.39, 0.29) is 10.6 Å². The molecule has 136 valence electrons. The molecule has 0 aliphatic carbocycles. The summed E-state index contributed by atoms with van der Waals surface area (Å²) >= 11 is 0. The van der Waals surface area contributed by atoms with E-state index in [4.69, 9.17) is 0 Å². The highest BCUT2D eigenvalue weighted by Crippen LogP contribution is 2.43. The highest BCUT2D eigenvalue weighted by Gasteiger charge is 2.45. The smallest absolute Gasteiger partial charge is 0.269 e. The minimum Gasteiger partial charge on any atom is -0.379 e. The molecule has 0 bridgehead atoms. The number of aromatic nitrogens is 1. The minimum atomic E-state index is -1.77. The van der Waals surface area contributed by atoms with Gasteiger partial charge in [-0.05, 0) is 53.0 Å². The van der Waals surface area contributed by atoms with Crippen LogP contribution in [0.15, 0.2) is 36.7 Å². The van der Waals surface area contributed by atoms with Gasteiger partial charge in [0.15, 0.2) is 8.24 Å². The summed E-state index contributed by atoms with van der Waals surface area (Å²) in [6.45, 7) is 16.3. The van der Waals surface area contributed by atoms with Crippen molar-refractivity contribution in [3.05, 3.63) is 52.3 Å². The third-order valence-corrected chi connectivity index (χ3v) is 12.3. The van der Waals surface area contributed by atoms with Crippen molar-refractivity contribution in [3.63, 3.8) is 0 Å². The monoisotopic (exact) mass is 358 g/mol. The summed E-state index contributed by atoms with van der Waals surface area (Å²) < 4.78 is 2.53. The predicted octanol–water partition coefficient (Wildman–Crippen LogP) is 6.40. The molecule has 0 fully saturated rings. The predicted molar refractivity (Wildman–Crippen MR) is 108 cm³/mol. The van der Waals surface area contributed by atoms with Crippen LogP contribution in [0.5, 0.6) is 0 Å². The highest BCUT2D eigenvalue weighted by atomic mass is 28.3. The van der Waals surface area contributed by atoms with Crippen LogP contribution in [-0.4, -0.2) is 17.4 Å². The summed E-state index contributed by atoms with van der Waals surface area (Å²) in [5, 5.41) is 10.9. The first-order valence-electron chi connectivity index (χ1n) is 9.06. The number of rotatable bonds is 6. The Kier molecular flexibility index (Phi) is 5.57. The molecule has 0 atom stereocenters. The first-order valence-corrected chi connectivity index (χ1v) is 11.2. The summed E-state index contributed by atoms with van der Waals surface area (Å²) in [5.74, 6) is 0. The molecule has 4 nitrogen and oxygen atoms in total. The van der Waals surface area contributed by atoms with Gasteiger partial charge >= 0.3 is 0 Å². The summed E-state index contributed by atoms with van der Waals surface area (Å²) in [6.07, 6.45) is 4.58. The maximum Gasteiger partial charge on any atom is 0.269 e.